The molecule has 28 heavy (non-hydrogen) atoms. The maximum absolute atomic E-state index is 13.3. The second kappa shape index (κ2) is 8.36. The molecule has 1 aromatic carbocycles. The van der Waals surface area contributed by atoms with E-state index in [4.69, 9.17) is 5.14 Å². The molecule has 0 saturated heterocycles. The van der Waals surface area contributed by atoms with Crippen molar-refractivity contribution in [3.05, 3.63) is 36.0 Å². The summed E-state index contributed by atoms with van der Waals surface area (Å²) in [6.07, 6.45) is -3.82. The van der Waals surface area contributed by atoms with E-state index in [-0.39, 0.29) is 23.7 Å². The first-order valence-electron chi connectivity index (χ1n) is 8.63. The van der Waals surface area contributed by atoms with E-state index >= 15 is 0 Å². The Balaban J connectivity index is 2.32. The Bertz CT molecular complexity index is 935. The summed E-state index contributed by atoms with van der Waals surface area (Å²) in [6, 6.07) is 6.15. The first kappa shape index (κ1) is 22.0. The maximum atomic E-state index is 13.3. The van der Waals surface area contributed by atoms with E-state index in [9.17, 15) is 17.4 Å². The predicted molar refractivity (Wildman–Crippen MR) is 107 cm³/mol. The first-order valence-corrected chi connectivity index (χ1v) is 10.3. The predicted octanol–water partition coefficient (Wildman–Crippen LogP) is 4.03. The molecule has 2 rings (SSSR count). The van der Waals surface area contributed by atoms with Gasteiger partial charge in [0.05, 0.1) is 9.71 Å². The molecular formula is C18H24F3N5OS. The highest BCUT2D eigenvalue weighted by molar-refractivity contribution is 7.99. The van der Waals surface area contributed by atoms with Crippen molar-refractivity contribution in [2.75, 3.05) is 10.6 Å². The molecule has 0 radical (unpaired) electrons. The van der Waals surface area contributed by atoms with Crippen molar-refractivity contribution in [2.45, 2.75) is 44.8 Å². The number of nitrogens with one attached hydrogen (secondary N) is 2. The Labute approximate surface area is 162 Å². The standard InChI is InChI=1S/C18H24F3N5OS/c1-5-28(22,27)14-8-6-13(7-9-14)25-17-23-10-15(18(19,20)21)16(26-17)24-12(4)11(2)3/h5-12H,1-4H3,(H2,22,27)(H2,23,24,25,26). The molecule has 1 heterocycles. The Kier molecular flexibility index (Phi) is 6.56. The van der Waals surface area contributed by atoms with Crippen molar-refractivity contribution in [1.29, 1.82) is 0 Å². The SMILES string of the molecule is CC=S(N)(=O)c1ccc(Nc2ncc(C(F)(F)F)c(NC(C)C(C)C)n2)cc1. The minimum absolute atomic E-state index is 0.00902. The fraction of sp³-hybridized carbons (Fsp3) is 0.389. The Morgan fingerprint density at radius 3 is 2.29 bits per heavy atom. The molecule has 154 valence electrons. The average Bonchev–Trinajstić information content (AvgIpc) is 2.61. The lowest BCUT2D eigenvalue weighted by atomic mass is 10.1. The van der Waals surface area contributed by atoms with Gasteiger partial charge in [-0.3, -0.25) is 5.14 Å². The third-order valence-electron chi connectivity index (χ3n) is 4.29. The van der Waals surface area contributed by atoms with E-state index in [1.54, 1.807) is 38.1 Å². The summed E-state index contributed by atoms with van der Waals surface area (Å²) in [6.45, 7) is 7.19. The topological polar surface area (TPSA) is 92.9 Å². The molecule has 0 aliphatic heterocycles. The summed E-state index contributed by atoms with van der Waals surface area (Å²) < 4.78 is 51.9. The van der Waals surface area contributed by atoms with Crippen LogP contribution in [-0.4, -0.2) is 25.6 Å². The van der Waals surface area contributed by atoms with Crippen LogP contribution in [0.2, 0.25) is 0 Å². The number of hydrogen-bond acceptors (Lipinski definition) is 5. The van der Waals surface area contributed by atoms with Crippen molar-refractivity contribution in [1.82, 2.24) is 9.97 Å². The minimum Gasteiger partial charge on any atom is -0.367 e. The van der Waals surface area contributed by atoms with Gasteiger partial charge < -0.3 is 10.6 Å². The third-order valence-corrected chi connectivity index (χ3v) is 6.00. The first-order chi connectivity index (χ1) is 12.9. The van der Waals surface area contributed by atoms with Gasteiger partial charge in [-0.1, -0.05) is 13.8 Å². The van der Waals surface area contributed by atoms with Crippen LogP contribution in [0.5, 0.6) is 0 Å². The Hall–Kier alpha value is -2.33. The second-order valence-electron chi connectivity index (χ2n) is 6.66. The van der Waals surface area contributed by atoms with E-state index in [1.165, 1.54) is 5.37 Å². The number of rotatable bonds is 6. The molecule has 1 aromatic heterocycles. The summed E-state index contributed by atoms with van der Waals surface area (Å²) in [4.78, 5) is 8.22. The Morgan fingerprint density at radius 2 is 1.79 bits per heavy atom. The zero-order chi connectivity index (χ0) is 21.1. The van der Waals surface area contributed by atoms with Crippen molar-refractivity contribution in [3.63, 3.8) is 0 Å². The molecular weight excluding hydrogens is 391 g/mol. The number of anilines is 3. The highest BCUT2D eigenvalue weighted by atomic mass is 32.2. The van der Waals surface area contributed by atoms with Crippen LogP contribution >= 0.6 is 0 Å². The van der Waals surface area contributed by atoms with Crippen molar-refractivity contribution in [3.8, 4) is 0 Å². The molecule has 0 spiro atoms. The van der Waals surface area contributed by atoms with E-state index in [1.807, 2.05) is 13.8 Å². The zero-order valence-electron chi connectivity index (χ0n) is 16.0. The van der Waals surface area contributed by atoms with Crippen LogP contribution in [0.4, 0.5) is 30.6 Å². The van der Waals surface area contributed by atoms with Gasteiger partial charge in [0.1, 0.15) is 11.4 Å². The molecule has 2 unspecified atom stereocenters. The van der Waals surface area contributed by atoms with Crippen molar-refractivity contribution < 1.29 is 17.4 Å². The number of halogens is 3. The van der Waals surface area contributed by atoms with Crippen LogP contribution in [0.3, 0.4) is 0 Å². The quantitative estimate of drug-likeness (QED) is 0.620. The molecule has 2 atom stereocenters. The fourth-order valence-corrected chi connectivity index (χ4v) is 2.99. The fourth-order valence-electron chi connectivity index (χ4n) is 2.16. The van der Waals surface area contributed by atoms with E-state index in [0.717, 1.165) is 6.20 Å². The number of benzene rings is 1. The summed E-state index contributed by atoms with van der Waals surface area (Å²) in [5.74, 6) is -0.162. The van der Waals surface area contributed by atoms with Gasteiger partial charge in [0.2, 0.25) is 5.95 Å². The highest BCUT2D eigenvalue weighted by Crippen LogP contribution is 2.34. The molecule has 0 aliphatic carbocycles. The van der Waals surface area contributed by atoms with Crippen molar-refractivity contribution >= 4 is 32.5 Å². The lowest BCUT2D eigenvalue weighted by molar-refractivity contribution is -0.137. The number of hydrogen-bond donors (Lipinski definition) is 3. The maximum Gasteiger partial charge on any atom is 0.421 e. The van der Waals surface area contributed by atoms with E-state index < -0.39 is 21.4 Å². The van der Waals surface area contributed by atoms with Gasteiger partial charge in [0.25, 0.3) is 0 Å². The minimum atomic E-state index is -4.57. The molecule has 0 bridgehead atoms. The highest BCUT2D eigenvalue weighted by Gasteiger charge is 2.35. The number of nitrogens with two attached hydrogens (primary N) is 1. The van der Waals surface area contributed by atoms with Gasteiger partial charge in [-0.15, -0.1) is 0 Å². The molecule has 4 N–H and O–H groups in total. The molecule has 0 fully saturated rings. The lowest BCUT2D eigenvalue weighted by Crippen LogP contribution is -2.25. The molecule has 0 saturated carbocycles. The summed E-state index contributed by atoms with van der Waals surface area (Å²) in [5.41, 5.74) is -0.403. The smallest absolute Gasteiger partial charge is 0.367 e. The molecule has 6 nitrogen and oxygen atoms in total. The summed E-state index contributed by atoms with van der Waals surface area (Å²) in [7, 11) is -2.71. The van der Waals surface area contributed by atoms with Gasteiger partial charge in [-0.2, -0.15) is 18.2 Å². The monoisotopic (exact) mass is 415 g/mol. The van der Waals surface area contributed by atoms with Gasteiger partial charge in [0, 0.05) is 22.8 Å². The number of aromatic nitrogens is 2. The van der Waals surface area contributed by atoms with Crippen LogP contribution in [0.15, 0.2) is 35.4 Å². The molecule has 0 aliphatic rings. The van der Waals surface area contributed by atoms with Crippen LogP contribution in [0.25, 0.3) is 0 Å². The average molecular weight is 415 g/mol. The van der Waals surface area contributed by atoms with Crippen molar-refractivity contribution in [2.24, 2.45) is 11.1 Å². The van der Waals surface area contributed by atoms with Gasteiger partial charge in [-0.05, 0) is 49.4 Å². The van der Waals surface area contributed by atoms with Crippen LogP contribution in [-0.2, 0) is 15.9 Å². The largest absolute Gasteiger partial charge is 0.421 e. The van der Waals surface area contributed by atoms with Crippen LogP contribution < -0.4 is 15.8 Å². The van der Waals surface area contributed by atoms with Crippen LogP contribution in [0, 0.1) is 5.92 Å². The third kappa shape index (κ3) is 5.35. The molecule has 10 heteroatoms. The lowest BCUT2D eigenvalue weighted by Gasteiger charge is -2.21. The van der Waals surface area contributed by atoms with Crippen LogP contribution in [0.1, 0.15) is 33.3 Å². The molecule has 2 aromatic rings. The van der Waals surface area contributed by atoms with Gasteiger partial charge in [0.15, 0.2) is 0 Å². The normalized spacial score (nSPS) is 15.0. The summed E-state index contributed by atoms with van der Waals surface area (Å²) >= 11 is 0. The van der Waals surface area contributed by atoms with E-state index in [0.29, 0.717) is 10.6 Å². The number of nitrogens with zero attached hydrogens (tertiary/aromatic N) is 2. The number of alkyl halides is 3. The van der Waals surface area contributed by atoms with Gasteiger partial charge in [-0.25, -0.2) is 9.19 Å². The molecule has 0 amide bonds. The van der Waals surface area contributed by atoms with E-state index in [2.05, 4.69) is 20.6 Å². The summed E-state index contributed by atoms with van der Waals surface area (Å²) in [5, 5.41) is 12.8. The second-order valence-corrected chi connectivity index (χ2v) is 8.90. The zero-order valence-corrected chi connectivity index (χ0v) is 16.9. The van der Waals surface area contributed by atoms with Gasteiger partial charge >= 0.3 is 6.18 Å². The Morgan fingerprint density at radius 1 is 1.18 bits per heavy atom.